The normalized spacial score (nSPS) is 11.3. The van der Waals surface area contributed by atoms with Gasteiger partial charge in [-0.05, 0) is 25.7 Å². The first-order valence-corrected chi connectivity index (χ1v) is 6.86. The van der Waals surface area contributed by atoms with Crippen molar-refractivity contribution in [1.29, 1.82) is 0 Å². The molecule has 0 N–H and O–H groups in total. The monoisotopic (exact) mass is 209 g/mol. The first kappa shape index (κ1) is 14.7. The summed E-state index contributed by atoms with van der Waals surface area (Å²) in [5.74, 6) is 0. The molecule has 0 spiro atoms. The van der Waals surface area contributed by atoms with Gasteiger partial charge in [-0.15, -0.1) is 0 Å². The molecule has 0 fully saturated rings. The van der Waals surface area contributed by atoms with Crippen LogP contribution in [-0.2, 0) is 0 Å². The summed E-state index contributed by atoms with van der Waals surface area (Å²) in [7, 11) is 0. The van der Waals surface area contributed by atoms with E-state index < -0.39 is 0 Å². The molecule has 0 atom stereocenters. The topological polar surface area (TPSA) is 0 Å². The van der Waals surface area contributed by atoms with Crippen LogP contribution in [-0.4, -0.2) is 0 Å². The van der Waals surface area contributed by atoms with Gasteiger partial charge in [0, 0.05) is 0 Å². The summed E-state index contributed by atoms with van der Waals surface area (Å²) in [6, 6.07) is 0. The molecule has 0 aromatic carbocycles. The minimum Gasteiger partial charge on any atom is -0.0885 e. The van der Waals surface area contributed by atoms with Crippen molar-refractivity contribution >= 4 is 0 Å². The summed E-state index contributed by atoms with van der Waals surface area (Å²) < 4.78 is 0. The third kappa shape index (κ3) is 13.7. The standard InChI is InChI=1S/C15H29/c1-3-5-7-9-11-13-15-14-12-10-8-6-4-2/h9,11H,1,3-8,10,12-15H2,2H3/b11-9+. The first-order chi connectivity index (χ1) is 7.41. The van der Waals surface area contributed by atoms with Crippen LogP contribution in [0, 0.1) is 6.92 Å². The molecular formula is C15H29. The van der Waals surface area contributed by atoms with Crippen molar-refractivity contribution in [3.63, 3.8) is 0 Å². The molecule has 15 heavy (non-hydrogen) atoms. The number of rotatable bonds is 11. The summed E-state index contributed by atoms with van der Waals surface area (Å²) >= 11 is 0. The quantitative estimate of drug-likeness (QED) is 0.303. The van der Waals surface area contributed by atoms with Gasteiger partial charge in [0.2, 0.25) is 0 Å². The molecule has 0 amide bonds. The van der Waals surface area contributed by atoms with Crippen molar-refractivity contribution in [2.45, 2.75) is 77.6 Å². The third-order valence-corrected chi connectivity index (χ3v) is 2.76. The van der Waals surface area contributed by atoms with Crippen molar-refractivity contribution < 1.29 is 0 Å². The smallest absolute Gasteiger partial charge is 0.0351 e. The Kier molecular flexibility index (Phi) is 13.5. The third-order valence-electron chi connectivity index (χ3n) is 2.76. The molecule has 89 valence electrons. The van der Waals surface area contributed by atoms with Gasteiger partial charge in [-0.3, -0.25) is 0 Å². The fourth-order valence-corrected chi connectivity index (χ4v) is 1.72. The number of allylic oxidation sites excluding steroid dienone is 2. The molecule has 0 aliphatic carbocycles. The Morgan fingerprint density at radius 3 is 1.87 bits per heavy atom. The molecule has 0 saturated carbocycles. The van der Waals surface area contributed by atoms with Crippen LogP contribution in [0.5, 0.6) is 0 Å². The number of hydrogen-bond acceptors (Lipinski definition) is 0. The Bertz CT molecular complexity index is 124. The fraction of sp³-hybridized carbons (Fsp3) is 0.800. The summed E-state index contributed by atoms with van der Waals surface area (Å²) in [5.41, 5.74) is 0. The maximum atomic E-state index is 3.83. The second kappa shape index (κ2) is 13.7. The maximum absolute atomic E-state index is 3.83. The molecule has 0 heteroatoms. The van der Waals surface area contributed by atoms with Crippen molar-refractivity contribution in [3.05, 3.63) is 19.1 Å². The van der Waals surface area contributed by atoms with Crippen molar-refractivity contribution in [2.24, 2.45) is 0 Å². The van der Waals surface area contributed by atoms with E-state index in [1.807, 2.05) is 0 Å². The zero-order chi connectivity index (χ0) is 11.2. The van der Waals surface area contributed by atoms with E-state index >= 15 is 0 Å². The van der Waals surface area contributed by atoms with E-state index in [0.717, 1.165) is 6.42 Å². The van der Waals surface area contributed by atoms with Gasteiger partial charge in [0.1, 0.15) is 0 Å². The molecule has 0 heterocycles. The Morgan fingerprint density at radius 2 is 1.27 bits per heavy atom. The van der Waals surface area contributed by atoms with Crippen LogP contribution in [0.25, 0.3) is 0 Å². The lowest BCUT2D eigenvalue weighted by Crippen LogP contribution is -1.78. The van der Waals surface area contributed by atoms with Crippen molar-refractivity contribution in [3.8, 4) is 0 Å². The van der Waals surface area contributed by atoms with Crippen LogP contribution >= 0.6 is 0 Å². The molecular weight excluding hydrogens is 180 g/mol. The van der Waals surface area contributed by atoms with Crippen LogP contribution in [0.4, 0.5) is 0 Å². The Morgan fingerprint density at radius 1 is 0.733 bits per heavy atom. The van der Waals surface area contributed by atoms with Gasteiger partial charge in [-0.25, -0.2) is 0 Å². The van der Waals surface area contributed by atoms with Crippen LogP contribution in [0.15, 0.2) is 12.2 Å². The Hall–Kier alpha value is -0.260. The largest absolute Gasteiger partial charge is 0.0885 e. The summed E-state index contributed by atoms with van der Waals surface area (Å²) in [6.07, 6.45) is 19.4. The Balaban J connectivity index is 2.95. The molecule has 0 aliphatic rings. The van der Waals surface area contributed by atoms with Gasteiger partial charge in [0.05, 0.1) is 0 Å². The van der Waals surface area contributed by atoms with E-state index in [4.69, 9.17) is 0 Å². The SMILES string of the molecule is [CH2]CCC/C=C/CCCCCCCCC. The number of hydrogen-bond donors (Lipinski definition) is 0. The lowest BCUT2D eigenvalue weighted by molar-refractivity contribution is 0.592. The summed E-state index contributed by atoms with van der Waals surface area (Å²) in [4.78, 5) is 0. The molecule has 0 rings (SSSR count). The second-order valence-corrected chi connectivity index (χ2v) is 4.38. The average Bonchev–Trinajstić information content (AvgIpc) is 2.26. The molecule has 0 saturated heterocycles. The van der Waals surface area contributed by atoms with Gasteiger partial charge in [-0.1, -0.05) is 70.9 Å². The van der Waals surface area contributed by atoms with E-state index in [9.17, 15) is 0 Å². The van der Waals surface area contributed by atoms with E-state index in [1.165, 1.54) is 64.2 Å². The fourth-order valence-electron chi connectivity index (χ4n) is 1.72. The van der Waals surface area contributed by atoms with E-state index in [0.29, 0.717) is 0 Å². The van der Waals surface area contributed by atoms with Crippen molar-refractivity contribution in [2.75, 3.05) is 0 Å². The van der Waals surface area contributed by atoms with E-state index in [2.05, 4.69) is 26.0 Å². The van der Waals surface area contributed by atoms with Crippen molar-refractivity contribution in [1.82, 2.24) is 0 Å². The van der Waals surface area contributed by atoms with Crippen LogP contribution < -0.4 is 0 Å². The molecule has 0 unspecified atom stereocenters. The lowest BCUT2D eigenvalue weighted by atomic mass is 10.1. The molecule has 0 aromatic heterocycles. The second-order valence-electron chi connectivity index (χ2n) is 4.38. The highest BCUT2D eigenvalue weighted by Gasteiger charge is 1.89. The van der Waals surface area contributed by atoms with Gasteiger partial charge in [-0.2, -0.15) is 0 Å². The highest BCUT2D eigenvalue weighted by molar-refractivity contribution is 4.81. The Labute approximate surface area is 97.2 Å². The van der Waals surface area contributed by atoms with Gasteiger partial charge in [0.25, 0.3) is 0 Å². The number of unbranched alkanes of at least 4 members (excludes halogenated alkanes) is 9. The zero-order valence-corrected chi connectivity index (χ0v) is 10.6. The molecule has 0 nitrogen and oxygen atoms in total. The average molecular weight is 209 g/mol. The zero-order valence-electron chi connectivity index (χ0n) is 10.6. The minimum absolute atomic E-state index is 1.07. The highest BCUT2D eigenvalue weighted by Crippen LogP contribution is 2.08. The van der Waals surface area contributed by atoms with Crippen LogP contribution in [0.2, 0.25) is 0 Å². The van der Waals surface area contributed by atoms with Gasteiger partial charge in [0.15, 0.2) is 0 Å². The van der Waals surface area contributed by atoms with Gasteiger partial charge < -0.3 is 0 Å². The summed E-state index contributed by atoms with van der Waals surface area (Å²) in [6.45, 7) is 6.11. The van der Waals surface area contributed by atoms with Crippen LogP contribution in [0.1, 0.15) is 77.6 Å². The molecule has 1 radical (unpaired) electrons. The summed E-state index contributed by atoms with van der Waals surface area (Å²) in [5, 5.41) is 0. The lowest BCUT2D eigenvalue weighted by Gasteiger charge is -1.98. The first-order valence-electron chi connectivity index (χ1n) is 6.86. The van der Waals surface area contributed by atoms with E-state index in [1.54, 1.807) is 0 Å². The molecule has 0 bridgehead atoms. The minimum atomic E-state index is 1.07. The van der Waals surface area contributed by atoms with Crippen LogP contribution in [0.3, 0.4) is 0 Å². The highest BCUT2D eigenvalue weighted by atomic mass is 14.0. The predicted octanol–water partition coefficient (Wildman–Crippen LogP) is 5.69. The molecule has 0 aliphatic heterocycles. The maximum Gasteiger partial charge on any atom is -0.0351 e. The predicted molar refractivity (Wildman–Crippen MR) is 71.0 cm³/mol. The van der Waals surface area contributed by atoms with E-state index in [-0.39, 0.29) is 0 Å². The van der Waals surface area contributed by atoms with Gasteiger partial charge >= 0.3 is 0 Å². The molecule has 0 aromatic rings.